The molecule has 6 aliphatic carbocycles. The van der Waals surface area contributed by atoms with E-state index in [-0.39, 0.29) is 90.9 Å². The second-order valence-electron chi connectivity index (χ2n) is 24.7. The van der Waals surface area contributed by atoms with Crippen LogP contribution in [0.4, 0.5) is 0 Å². The molecular formula is C52H83N5O11. The molecule has 12 N–H and O–H groups in total. The number of amides is 1. The minimum atomic E-state index is -1.61. The van der Waals surface area contributed by atoms with E-state index in [1.54, 1.807) is 6.33 Å². The molecule has 8 aliphatic rings. The number of carboxylic acid groups (broad SMARTS) is 1. The normalized spacial score (nSPS) is 49.6. The molecule has 2 aliphatic heterocycles. The minimum absolute atomic E-state index is 0.0108. The molecule has 2 saturated heterocycles. The maximum absolute atomic E-state index is 13.9. The van der Waals surface area contributed by atoms with Crippen molar-refractivity contribution >= 4 is 11.9 Å². The Morgan fingerprint density at radius 3 is 2.41 bits per heavy atom. The molecule has 0 aromatic carbocycles. The van der Waals surface area contributed by atoms with Crippen molar-refractivity contribution in [2.75, 3.05) is 40.0 Å². The molecule has 0 unspecified atom stereocenters. The lowest BCUT2D eigenvalue weighted by Crippen LogP contribution is -2.73. The Morgan fingerprint density at radius 1 is 1.00 bits per heavy atom. The van der Waals surface area contributed by atoms with Crippen molar-refractivity contribution < 1.29 is 54.8 Å². The van der Waals surface area contributed by atoms with E-state index in [2.05, 4.69) is 54.4 Å². The number of allylic oxidation sites excluding steroid dienone is 2. The summed E-state index contributed by atoms with van der Waals surface area (Å²) < 4.78 is 12.6. The summed E-state index contributed by atoms with van der Waals surface area (Å²) in [4.78, 5) is 35.5. The largest absolute Gasteiger partial charge is 0.481 e. The second-order valence-corrected chi connectivity index (χ2v) is 24.7. The van der Waals surface area contributed by atoms with E-state index in [0.717, 1.165) is 31.4 Å². The fraction of sp³-hybridized carbons (Fsp3) is 0.865. The van der Waals surface area contributed by atoms with Gasteiger partial charge in [0.05, 0.1) is 37.2 Å². The summed E-state index contributed by atoms with van der Waals surface area (Å²) in [6.07, 6.45) is 5.73. The number of carboxylic acids is 1. The third-order valence-electron chi connectivity index (χ3n) is 21.7. The number of imidazole rings is 1. The summed E-state index contributed by atoms with van der Waals surface area (Å²) in [5, 5.41) is 86.7. The van der Waals surface area contributed by atoms with Gasteiger partial charge in [-0.2, -0.15) is 0 Å². The number of H-pyrrole nitrogens is 1. The van der Waals surface area contributed by atoms with Crippen LogP contribution in [-0.2, 0) is 19.1 Å². The smallest absolute Gasteiger partial charge is 0.310 e. The van der Waals surface area contributed by atoms with Gasteiger partial charge in [-0.3, -0.25) is 9.59 Å². The number of fused-ring (bicyclic) bond motifs is 8. The first-order chi connectivity index (χ1) is 32.2. The molecule has 1 aromatic rings. The van der Waals surface area contributed by atoms with Gasteiger partial charge < -0.3 is 66.6 Å². The highest BCUT2D eigenvalue weighted by Crippen LogP contribution is 2.79. The molecule has 7 fully saturated rings. The van der Waals surface area contributed by atoms with Gasteiger partial charge in [-0.25, -0.2) is 4.98 Å². The summed E-state index contributed by atoms with van der Waals surface area (Å²) in [5.41, 5.74) is 4.66. The summed E-state index contributed by atoms with van der Waals surface area (Å²) in [6, 6.07) is -0.326. The number of hydrogen-bond acceptors (Lipinski definition) is 13. The van der Waals surface area contributed by atoms with E-state index >= 15 is 0 Å². The average Bonchev–Trinajstić information content (AvgIpc) is 3.93. The van der Waals surface area contributed by atoms with E-state index in [4.69, 9.17) is 15.2 Å². The summed E-state index contributed by atoms with van der Waals surface area (Å²) in [5.74, 6) is -2.02. The van der Waals surface area contributed by atoms with Gasteiger partial charge in [0, 0.05) is 42.3 Å². The highest BCUT2D eigenvalue weighted by atomic mass is 16.7. The maximum Gasteiger partial charge on any atom is 0.310 e. The van der Waals surface area contributed by atoms with Crippen LogP contribution in [0, 0.1) is 79.8 Å². The number of aliphatic hydroxyl groups excluding tert-OH is 6. The molecule has 0 radical (unpaired) electrons. The van der Waals surface area contributed by atoms with Crippen molar-refractivity contribution in [1.29, 1.82) is 0 Å². The predicted octanol–water partition coefficient (Wildman–Crippen LogP) is 3.06. The molecule has 382 valence electrons. The first-order valence-electron chi connectivity index (χ1n) is 26.0. The van der Waals surface area contributed by atoms with E-state index in [1.165, 1.54) is 5.57 Å². The summed E-state index contributed by atoms with van der Waals surface area (Å²) in [6.45, 7) is 11.8. The molecule has 5 saturated carbocycles. The molecule has 1 amide bonds. The first kappa shape index (κ1) is 50.4. The van der Waals surface area contributed by atoms with Crippen LogP contribution in [0.25, 0.3) is 0 Å². The highest BCUT2D eigenvalue weighted by molar-refractivity contribution is 5.79. The second kappa shape index (κ2) is 18.2. The number of carbonyl (C=O) groups excluding carboxylic acids is 1. The topological polar surface area (TPSA) is 273 Å². The molecule has 9 rings (SSSR count). The number of nitrogens with one attached hydrogen (secondary N) is 3. The Morgan fingerprint density at radius 2 is 1.75 bits per heavy atom. The van der Waals surface area contributed by atoms with Gasteiger partial charge in [0.15, 0.2) is 6.29 Å². The Hall–Kier alpha value is -2.51. The number of carbonyl (C=O) groups is 2. The number of aromatic nitrogens is 2. The lowest BCUT2D eigenvalue weighted by atomic mass is 9.30. The van der Waals surface area contributed by atoms with E-state index in [0.29, 0.717) is 58.0 Å². The molecule has 1 aromatic heterocycles. The zero-order valence-electron chi connectivity index (χ0n) is 41.3. The fourth-order valence-corrected chi connectivity index (χ4v) is 18.2. The highest BCUT2D eigenvalue weighted by Gasteiger charge is 2.76. The quantitative estimate of drug-likeness (QED) is 0.0946. The Labute approximate surface area is 402 Å². The zero-order chi connectivity index (χ0) is 48.9. The van der Waals surface area contributed by atoms with Gasteiger partial charge in [0.1, 0.15) is 18.3 Å². The van der Waals surface area contributed by atoms with Crippen LogP contribution in [-0.4, -0.2) is 140 Å². The number of aliphatic hydroxyl groups is 6. The van der Waals surface area contributed by atoms with Gasteiger partial charge in [0.2, 0.25) is 5.91 Å². The van der Waals surface area contributed by atoms with Gasteiger partial charge in [0.25, 0.3) is 0 Å². The van der Waals surface area contributed by atoms with Gasteiger partial charge >= 0.3 is 5.97 Å². The Kier molecular flexibility index (Phi) is 13.5. The monoisotopic (exact) mass is 954 g/mol. The van der Waals surface area contributed by atoms with Crippen molar-refractivity contribution in [1.82, 2.24) is 20.6 Å². The van der Waals surface area contributed by atoms with Gasteiger partial charge in [-0.15, -0.1) is 0 Å². The molecular weight excluding hydrogens is 871 g/mol. The van der Waals surface area contributed by atoms with E-state index in [1.807, 2.05) is 20.2 Å². The zero-order valence-corrected chi connectivity index (χ0v) is 41.3. The molecule has 2 bridgehead atoms. The van der Waals surface area contributed by atoms with Crippen LogP contribution in [0.1, 0.15) is 123 Å². The molecule has 0 spiro atoms. The number of ether oxygens (including phenoxy) is 2. The van der Waals surface area contributed by atoms with Crippen molar-refractivity contribution in [2.45, 2.75) is 160 Å². The first-order valence-corrected chi connectivity index (χ1v) is 26.0. The van der Waals surface area contributed by atoms with E-state index < -0.39 is 75.8 Å². The molecule has 16 nitrogen and oxygen atoms in total. The van der Waals surface area contributed by atoms with Crippen molar-refractivity contribution in [3.8, 4) is 0 Å². The van der Waals surface area contributed by atoms with Crippen LogP contribution >= 0.6 is 0 Å². The Bertz CT molecular complexity index is 2040. The van der Waals surface area contributed by atoms with Crippen molar-refractivity contribution in [2.24, 2.45) is 85.6 Å². The van der Waals surface area contributed by atoms with Gasteiger partial charge in [-0.05, 0) is 153 Å². The van der Waals surface area contributed by atoms with Crippen molar-refractivity contribution in [3.05, 3.63) is 29.9 Å². The molecule has 22 atom stereocenters. The molecule has 16 heteroatoms. The number of nitrogens with two attached hydrogens (primary N) is 1. The summed E-state index contributed by atoms with van der Waals surface area (Å²) >= 11 is 0. The maximum atomic E-state index is 13.9. The standard InChI is InChI=1S/C52H83N5O11/c1-47(24-58)17-30-9-7-8-29-18-52(30,46(65)66)34(19-47)32-10-11-38-49(3,51(29,32)5)13-12-37-48(2,25-59)44(68-45-43(64)42(63)36(60)23-67-45)41(62)33(50(37,38)4)15-28-16-39(61)57-40(28)31(35-22-55-26-56-35)14-27(20-53)21-54-6/h10,22,26-31,33-34,36-38,40-45,54,58-60,62-64H,7-9,11-21,23-25,53H2,1-6H3,(H,55,56)(H,57,61)(H,65,66)/t27-,28-,29-,30-,31-,33+,34-,36+,37+,38-,40+,41+,42-,43+,44+,45-,47-,48-,49+,50-,51+,52+/m0/s1. The average molecular weight is 954 g/mol. The SMILES string of the molecule is CNC[C@H](CN)C[C@@H](c1cnc[nH]1)[C@@H]1NC(=O)C[C@@H]1C[C@@H]1[C@@H](O)[C@@H](O[C@@H]2OC[C@@H](O)[C@H](O)[C@H]2O)[C@@](C)(CO)[C@H]2CC[C@]3(C)[C@H](CC=C4[C@@H]5C[C@@](C)(CO)C[C@@H]6CCC[C@@H](C[C@@]65C(=O)O)[C@]43C)[C@@]12C. The van der Waals surface area contributed by atoms with E-state index in [9.17, 15) is 45.3 Å². The number of aromatic amines is 1. The lowest BCUT2D eigenvalue weighted by Gasteiger charge is -2.75. The predicted molar refractivity (Wildman–Crippen MR) is 251 cm³/mol. The number of hydrogen-bond donors (Lipinski definition) is 11. The minimum Gasteiger partial charge on any atom is -0.481 e. The van der Waals surface area contributed by atoms with Crippen LogP contribution in [0.5, 0.6) is 0 Å². The number of nitrogens with zero attached hydrogens (tertiary/aromatic N) is 1. The summed E-state index contributed by atoms with van der Waals surface area (Å²) in [7, 11) is 1.90. The lowest BCUT2D eigenvalue weighted by molar-refractivity contribution is -0.341. The number of rotatable bonds is 14. The molecule has 3 heterocycles. The number of aliphatic carboxylic acids is 1. The van der Waals surface area contributed by atoms with Crippen LogP contribution in [0.3, 0.4) is 0 Å². The van der Waals surface area contributed by atoms with Crippen molar-refractivity contribution in [3.63, 3.8) is 0 Å². The van der Waals surface area contributed by atoms with Gasteiger partial charge in [-0.1, -0.05) is 52.7 Å². The third-order valence-corrected chi connectivity index (χ3v) is 21.7. The Balaban J connectivity index is 1.17. The fourth-order valence-electron chi connectivity index (χ4n) is 18.2. The molecule has 68 heavy (non-hydrogen) atoms. The third kappa shape index (κ3) is 7.36. The van der Waals surface area contributed by atoms with Crippen LogP contribution in [0.2, 0.25) is 0 Å². The van der Waals surface area contributed by atoms with Crippen LogP contribution < -0.4 is 16.4 Å². The van der Waals surface area contributed by atoms with Crippen LogP contribution in [0.15, 0.2) is 24.2 Å².